The van der Waals surface area contributed by atoms with E-state index in [1.54, 1.807) is 4.90 Å². The van der Waals surface area contributed by atoms with Crippen molar-refractivity contribution in [3.63, 3.8) is 0 Å². The highest BCUT2D eigenvalue weighted by molar-refractivity contribution is 6.34. The summed E-state index contributed by atoms with van der Waals surface area (Å²) in [5, 5.41) is 0. The van der Waals surface area contributed by atoms with Crippen molar-refractivity contribution in [1.29, 1.82) is 0 Å². The van der Waals surface area contributed by atoms with Crippen molar-refractivity contribution in [3.8, 4) is 0 Å². The number of ether oxygens (including phenoxy) is 1. The van der Waals surface area contributed by atoms with Crippen LogP contribution in [-0.4, -0.2) is 107 Å². The second-order valence-corrected chi connectivity index (χ2v) is 16.0. The van der Waals surface area contributed by atoms with Crippen LogP contribution in [0.4, 0.5) is 13.2 Å². The lowest BCUT2D eigenvalue weighted by atomic mass is 9.92. The smallest absolute Gasteiger partial charge is 0.422 e. The summed E-state index contributed by atoms with van der Waals surface area (Å²) in [5.41, 5.74) is 7.31. The number of benzene rings is 2. The highest BCUT2D eigenvalue weighted by Gasteiger charge is 2.41. The fourth-order valence-electron chi connectivity index (χ4n) is 6.55. The van der Waals surface area contributed by atoms with Crippen LogP contribution in [0.25, 0.3) is 0 Å². The molecule has 13 heteroatoms. The molecule has 2 aliphatic rings. The molecule has 2 aliphatic heterocycles. The summed E-state index contributed by atoms with van der Waals surface area (Å²) in [4.78, 5) is 55.8. The molecule has 2 saturated heterocycles. The number of piperazine rings is 2. The molecule has 2 aromatic carbocycles. The van der Waals surface area contributed by atoms with Crippen molar-refractivity contribution in [3.05, 3.63) is 71.8 Å². The predicted molar refractivity (Wildman–Crippen MR) is 189 cm³/mol. The molecule has 2 fully saturated rings. The number of hydrogen-bond donors (Lipinski definition) is 1. The quantitative estimate of drug-likeness (QED) is 0.334. The van der Waals surface area contributed by atoms with Crippen LogP contribution >= 0.6 is 0 Å². The Labute approximate surface area is 300 Å². The first kappa shape index (κ1) is 41.5. The molecule has 2 heterocycles. The summed E-state index contributed by atoms with van der Waals surface area (Å²) in [6.45, 7) is 18.9. The van der Waals surface area contributed by atoms with E-state index in [0.29, 0.717) is 19.6 Å². The topological polar surface area (TPSA) is 116 Å². The van der Waals surface area contributed by atoms with Gasteiger partial charge in [0.2, 0.25) is 0 Å². The number of amides is 3. The average Bonchev–Trinajstić information content (AvgIpc) is 3.04. The Morgan fingerprint density at radius 1 is 0.667 bits per heavy atom. The molecule has 10 nitrogen and oxygen atoms in total. The van der Waals surface area contributed by atoms with Gasteiger partial charge in [-0.2, -0.15) is 13.2 Å². The van der Waals surface area contributed by atoms with Crippen LogP contribution in [0.2, 0.25) is 0 Å². The minimum absolute atomic E-state index is 0.0350. The zero-order chi connectivity index (χ0) is 38.3. The fourth-order valence-corrected chi connectivity index (χ4v) is 6.55. The molecule has 4 rings (SSSR count). The van der Waals surface area contributed by atoms with Crippen LogP contribution in [0.5, 0.6) is 0 Å². The lowest BCUT2D eigenvalue weighted by molar-refractivity contribution is -0.190. The number of rotatable bonds is 5. The molecular formula is C38H54F3N5O5. The van der Waals surface area contributed by atoms with Gasteiger partial charge in [0, 0.05) is 51.4 Å². The maximum Gasteiger partial charge on any atom is 0.422 e. The Bertz CT molecular complexity index is 1480. The highest BCUT2D eigenvalue weighted by Crippen LogP contribution is 2.32. The van der Waals surface area contributed by atoms with Crippen LogP contribution in [0.3, 0.4) is 0 Å². The first-order valence-corrected chi connectivity index (χ1v) is 17.3. The van der Waals surface area contributed by atoms with E-state index in [0.717, 1.165) is 24.2 Å². The van der Waals surface area contributed by atoms with Gasteiger partial charge in [-0.1, -0.05) is 102 Å². The molecule has 0 saturated carbocycles. The Kier molecular flexibility index (Phi) is 13.8. The van der Waals surface area contributed by atoms with E-state index in [2.05, 4.69) is 63.0 Å². The van der Waals surface area contributed by atoms with E-state index in [1.165, 1.54) is 4.90 Å². The molecule has 0 radical (unpaired) electrons. The van der Waals surface area contributed by atoms with Crippen molar-refractivity contribution < 1.29 is 37.1 Å². The van der Waals surface area contributed by atoms with E-state index in [-0.39, 0.29) is 35.5 Å². The van der Waals surface area contributed by atoms with E-state index < -0.39 is 42.5 Å². The SMILES string of the molecule is C[C@@H]1CN(C(=O)C(=O)OCC(F)(F)F)[C@@H](c2ccccc2)CN1CC(C)(C)C.C[C@@H]1CN(C(=O)C(N)=O)[C@@H](c2ccccc2)CN1CC(C)(C)C. The van der Waals surface area contributed by atoms with Crippen molar-refractivity contribution >= 4 is 23.7 Å². The Balaban J connectivity index is 0.000000281. The van der Waals surface area contributed by atoms with E-state index >= 15 is 0 Å². The number of alkyl halides is 3. The number of primary amides is 1. The normalized spacial score (nSPS) is 22.1. The van der Waals surface area contributed by atoms with Crippen LogP contribution in [0, 0.1) is 10.8 Å². The monoisotopic (exact) mass is 717 g/mol. The summed E-state index contributed by atoms with van der Waals surface area (Å²) < 4.78 is 41.2. The van der Waals surface area contributed by atoms with Gasteiger partial charge < -0.3 is 20.3 Å². The van der Waals surface area contributed by atoms with Gasteiger partial charge in [0.1, 0.15) is 0 Å². The van der Waals surface area contributed by atoms with E-state index in [4.69, 9.17) is 5.73 Å². The van der Waals surface area contributed by atoms with Gasteiger partial charge in [-0.3, -0.25) is 24.2 Å². The lowest BCUT2D eigenvalue weighted by Crippen LogP contribution is -2.58. The van der Waals surface area contributed by atoms with Crippen molar-refractivity contribution in [2.75, 3.05) is 45.9 Å². The largest absolute Gasteiger partial charge is 0.449 e. The molecule has 2 N–H and O–H groups in total. The molecule has 0 aliphatic carbocycles. The van der Waals surface area contributed by atoms with E-state index in [9.17, 15) is 32.3 Å². The number of hydrogen-bond acceptors (Lipinski definition) is 7. The first-order valence-electron chi connectivity index (χ1n) is 17.3. The maximum atomic E-state index is 12.6. The predicted octanol–water partition coefficient (Wildman–Crippen LogP) is 5.20. The summed E-state index contributed by atoms with van der Waals surface area (Å²) in [6.07, 6.45) is -4.67. The molecule has 4 atom stereocenters. The second-order valence-electron chi connectivity index (χ2n) is 16.0. The van der Waals surface area contributed by atoms with Gasteiger partial charge in [0.25, 0.3) is 0 Å². The number of carbonyl (C=O) groups is 4. The molecule has 3 amide bonds. The molecule has 0 spiro atoms. The Morgan fingerprint density at radius 2 is 1.04 bits per heavy atom. The number of halogens is 3. The zero-order valence-corrected chi connectivity index (χ0v) is 31.1. The number of nitrogens with two attached hydrogens (primary N) is 1. The molecule has 282 valence electrons. The van der Waals surface area contributed by atoms with Crippen LogP contribution in [0.15, 0.2) is 60.7 Å². The lowest BCUT2D eigenvalue weighted by Gasteiger charge is -2.47. The van der Waals surface area contributed by atoms with Crippen molar-refractivity contribution in [1.82, 2.24) is 19.6 Å². The zero-order valence-electron chi connectivity index (χ0n) is 31.1. The number of esters is 1. The van der Waals surface area contributed by atoms with Crippen LogP contribution < -0.4 is 5.73 Å². The summed E-state index contributed by atoms with van der Waals surface area (Å²) in [7, 11) is 0. The summed E-state index contributed by atoms with van der Waals surface area (Å²) >= 11 is 0. The summed E-state index contributed by atoms with van der Waals surface area (Å²) in [6, 6.07) is 18.6. The third-order valence-electron chi connectivity index (χ3n) is 8.73. The third kappa shape index (κ3) is 12.6. The van der Waals surface area contributed by atoms with Crippen LogP contribution in [0.1, 0.15) is 78.6 Å². The Morgan fingerprint density at radius 3 is 1.37 bits per heavy atom. The van der Waals surface area contributed by atoms with Crippen molar-refractivity contribution in [2.24, 2.45) is 16.6 Å². The Hall–Kier alpha value is -3.97. The average molecular weight is 718 g/mol. The van der Waals surface area contributed by atoms with Crippen molar-refractivity contribution in [2.45, 2.75) is 85.7 Å². The van der Waals surface area contributed by atoms with Gasteiger partial charge in [0.15, 0.2) is 6.61 Å². The highest BCUT2D eigenvalue weighted by atomic mass is 19.4. The maximum absolute atomic E-state index is 12.6. The molecule has 0 aromatic heterocycles. The number of nitrogens with zero attached hydrogens (tertiary/aromatic N) is 4. The standard InChI is InChI=1S/C20H27F3N2O3.C18H27N3O2/c1-14-10-25(17(26)18(27)28-13-20(21,22)23)16(15-8-6-5-7-9-15)11-24(14)12-19(2,3)4;1-13-10-21(17(23)16(19)22)15(14-8-6-5-7-9-14)11-20(13)12-18(2,3)4/h5-9,14,16H,10-13H2,1-4H3;5-9,13,15H,10-12H2,1-4H3,(H2,19,22)/t14-,16-;13-,15-/m11/s1. The van der Waals surface area contributed by atoms with Gasteiger partial charge in [0.05, 0.1) is 12.1 Å². The minimum Gasteiger partial charge on any atom is -0.449 e. The fraction of sp³-hybridized carbons (Fsp3) is 0.579. The third-order valence-corrected chi connectivity index (χ3v) is 8.73. The van der Waals surface area contributed by atoms with Gasteiger partial charge >= 0.3 is 29.9 Å². The second kappa shape index (κ2) is 17.0. The van der Waals surface area contributed by atoms with E-state index in [1.807, 2.05) is 67.6 Å². The molecule has 2 aromatic rings. The molecule has 51 heavy (non-hydrogen) atoms. The van der Waals surface area contributed by atoms with Crippen LogP contribution in [-0.2, 0) is 23.9 Å². The molecular weight excluding hydrogens is 663 g/mol. The number of carbonyl (C=O) groups excluding carboxylic acids is 4. The van der Waals surface area contributed by atoms with Gasteiger partial charge in [-0.15, -0.1) is 0 Å². The van der Waals surface area contributed by atoms with Gasteiger partial charge in [-0.05, 0) is 35.8 Å². The van der Waals surface area contributed by atoms with Gasteiger partial charge in [-0.25, -0.2) is 4.79 Å². The minimum atomic E-state index is -4.67. The first-order chi connectivity index (χ1) is 23.6. The molecule has 0 unspecified atom stereocenters. The molecule has 0 bridgehead atoms. The summed E-state index contributed by atoms with van der Waals surface area (Å²) in [5.74, 6) is -4.00.